The third-order valence-corrected chi connectivity index (χ3v) is 4.29. The highest BCUT2D eigenvalue weighted by molar-refractivity contribution is 5.95. The summed E-state index contributed by atoms with van der Waals surface area (Å²) >= 11 is 0. The molecule has 2 aliphatic rings. The number of esters is 1. The fourth-order valence-electron chi connectivity index (χ4n) is 3.02. The highest BCUT2D eigenvalue weighted by Gasteiger charge is 2.37. The van der Waals surface area contributed by atoms with Crippen LogP contribution in [0.25, 0.3) is 0 Å². The number of rotatable bonds is 8. The van der Waals surface area contributed by atoms with Crippen molar-refractivity contribution in [2.75, 3.05) is 26.3 Å². The number of hydrogen-bond acceptors (Lipinski definition) is 6. The van der Waals surface area contributed by atoms with Gasteiger partial charge in [-0.2, -0.15) is 0 Å². The molecular weight excluding hydrogens is 326 g/mol. The number of carbonyl (C=O) groups is 2. The van der Waals surface area contributed by atoms with E-state index >= 15 is 0 Å². The van der Waals surface area contributed by atoms with Crippen LogP contribution in [0.1, 0.15) is 31.6 Å². The van der Waals surface area contributed by atoms with E-state index < -0.39 is 18.0 Å². The molecule has 3 rings (SSSR count). The summed E-state index contributed by atoms with van der Waals surface area (Å²) in [6.07, 6.45) is 3.60. The summed E-state index contributed by atoms with van der Waals surface area (Å²) in [5.74, 6) is -0.0262. The van der Waals surface area contributed by atoms with Crippen LogP contribution < -0.4 is 10.6 Å². The molecule has 1 aliphatic carbocycles. The van der Waals surface area contributed by atoms with Gasteiger partial charge in [-0.1, -0.05) is 0 Å². The van der Waals surface area contributed by atoms with Crippen molar-refractivity contribution in [3.8, 4) is 0 Å². The van der Waals surface area contributed by atoms with E-state index in [1.54, 1.807) is 19.1 Å². The molecule has 136 valence electrons. The summed E-state index contributed by atoms with van der Waals surface area (Å²) in [5.41, 5.74) is 0.823. The van der Waals surface area contributed by atoms with Crippen LogP contribution in [0.4, 0.5) is 4.79 Å². The first-order chi connectivity index (χ1) is 12.1. The maximum atomic E-state index is 12.6. The molecule has 0 saturated heterocycles. The minimum Gasteiger partial charge on any atom is -0.467 e. The standard InChI is InChI=1S/C17H23N3O5/c1-2-24-16(22)14-12(10-20(7-8-21)11-5-6-11)18-17(23)19-15(14)13-4-3-9-25-13/h3-4,9,11,15,21H,2,5-8,10H2,1H3,(H2,18,19,23). The number of urea groups is 1. The Balaban J connectivity index is 1.95. The van der Waals surface area contributed by atoms with E-state index in [9.17, 15) is 14.7 Å². The second kappa shape index (κ2) is 7.71. The average molecular weight is 349 g/mol. The molecule has 1 fully saturated rings. The summed E-state index contributed by atoms with van der Waals surface area (Å²) in [6, 6.07) is 2.68. The minimum atomic E-state index is -0.701. The molecule has 0 bridgehead atoms. The average Bonchev–Trinajstić information content (AvgIpc) is 3.28. The molecule has 0 spiro atoms. The van der Waals surface area contributed by atoms with Crippen molar-refractivity contribution in [1.82, 2.24) is 15.5 Å². The number of amides is 2. The molecule has 1 aromatic heterocycles. The lowest BCUT2D eigenvalue weighted by Gasteiger charge is -2.31. The molecule has 8 heteroatoms. The predicted octanol–water partition coefficient (Wildman–Crippen LogP) is 0.907. The van der Waals surface area contributed by atoms with Gasteiger partial charge < -0.3 is 24.9 Å². The van der Waals surface area contributed by atoms with Gasteiger partial charge in [-0.3, -0.25) is 4.90 Å². The first kappa shape index (κ1) is 17.5. The largest absolute Gasteiger partial charge is 0.467 e. The van der Waals surface area contributed by atoms with E-state index in [1.165, 1.54) is 6.26 Å². The molecule has 1 saturated carbocycles. The Kier molecular flexibility index (Phi) is 5.40. The first-order valence-electron chi connectivity index (χ1n) is 8.50. The Morgan fingerprint density at radius 1 is 1.48 bits per heavy atom. The SMILES string of the molecule is CCOC(=O)C1=C(CN(CCO)C2CC2)NC(=O)NC1c1ccco1. The van der Waals surface area contributed by atoms with Gasteiger partial charge in [-0.15, -0.1) is 0 Å². The third-order valence-electron chi connectivity index (χ3n) is 4.29. The molecular formula is C17H23N3O5. The lowest BCUT2D eigenvalue weighted by atomic mass is 10.00. The first-order valence-corrected chi connectivity index (χ1v) is 8.50. The van der Waals surface area contributed by atoms with Gasteiger partial charge in [-0.25, -0.2) is 9.59 Å². The number of furan rings is 1. The van der Waals surface area contributed by atoms with Crippen LogP contribution in [0.5, 0.6) is 0 Å². The van der Waals surface area contributed by atoms with Crippen LogP contribution >= 0.6 is 0 Å². The van der Waals surface area contributed by atoms with Gasteiger partial charge in [0, 0.05) is 24.8 Å². The molecule has 2 amide bonds. The highest BCUT2D eigenvalue weighted by Crippen LogP contribution is 2.31. The van der Waals surface area contributed by atoms with E-state index in [0.29, 0.717) is 36.2 Å². The summed E-state index contributed by atoms with van der Waals surface area (Å²) in [4.78, 5) is 26.7. The zero-order valence-electron chi connectivity index (χ0n) is 14.2. The summed E-state index contributed by atoms with van der Waals surface area (Å²) in [7, 11) is 0. The Morgan fingerprint density at radius 3 is 2.88 bits per heavy atom. The number of ether oxygens (including phenoxy) is 1. The molecule has 1 atom stereocenters. The number of aliphatic hydroxyl groups is 1. The fourth-order valence-corrected chi connectivity index (χ4v) is 3.02. The molecule has 25 heavy (non-hydrogen) atoms. The second-order valence-electron chi connectivity index (χ2n) is 6.08. The maximum Gasteiger partial charge on any atom is 0.338 e. The van der Waals surface area contributed by atoms with Crippen molar-refractivity contribution < 1.29 is 23.8 Å². The van der Waals surface area contributed by atoms with Crippen molar-refractivity contribution in [3.63, 3.8) is 0 Å². The van der Waals surface area contributed by atoms with E-state index in [4.69, 9.17) is 9.15 Å². The van der Waals surface area contributed by atoms with Gasteiger partial charge in [0.05, 0.1) is 25.1 Å². The zero-order valence-corrected chi connectivity index (χ0v) is 14.2. The van der Waals surface area contributed by atoms with Gasteiger partial charge in [-0.05, 0) is 31.9 Å². The number of hydrogen-bond donors (Lipinski definition) is 3. The smallest absolute Gasteiger partial charge is 0.338 e. The number of aliphatic hydroxyl groups excluding tert-OH is 1. The van der Waals surface area contributed by atoms with Crippen LogP contribution in [-0.4, -0.2) is 54.4 Å². The minimum absolute atomic E-state index is 0.0202. The Bertz CT molecular complexity index is 651. The van der Waals surface area contributed by atoms with Crippen LogP contribution in [0.2, 0.25) is 0 Å². The van der Waals surface area contributed by atoms with Crippen molar-refractivity contribution in [3.05, 3.63) is 35.4 Å². The van der Waals surface area contributed by atoms with Crippen LogP contribution in [0, 0.1) is 0 Å². The molecule has 0 radical (unpaired) electrons. The van der Waals surface area contributed by atoms with E-state index in [1.807, 2.05) is 0 Å². The van der Waals surface area contributed by atoms with Crippen molar-refractivity contribution in [2.24, 2.45) is 0 Å². The van der Waals surface area contributed by atoms with Crippen LogP contribution in [0.15, 0.2) is 34.1 Å². The highest BCUT2D eigenvalue weighted by atomic mass is 16.5. The van der Waals surface area contributed by atoms with Crippen molar-refractivity contribution >= 4 is 12.0 Å². The normalized spacial score (nSPS) is 20.4. The zero-order chi connectivity index (χ0) is 17.8. The third kappa shape index (κ3) is 4.02. The molecule has 1 aromatic rings. The summed E-state index contributed by atoms with van der Waals surface area (Å²) in [6.45, 7) is 2.84. The Morgan fingerprint density at radius 2 is 2.28 bits per heavy atom. The van der Waals surface area contributed by atoms with Crippen molar-refractivity contribution in [2.45, 2.75) is 31.8 Å². The van der Waals surface area contributed by atoms with E-state index in [0.717, 1.165) is 12.8 Å². The van der Waals surface area contributed by atoms with Gasteiger partial charge in [0.1, 0.15) is 11.8 Å². The fraction of sp³-hybridized carbons (Fsp3) is 0.529. The Hall–Kier alpha value is -2.32. The lowest BCUT2D eigenvalue weighted by molar-refractivity contribution is -0.139. The van der Waals surface area contributed by atoms with Crippen molar-refractivity contribution in [1.29, 1.82) is 0 Å². The number of carbonyl (C=O) groups excluding carboxylic acids is 2. The second-order valence-corrected chi connectivity index (χ2v) is 6.08. The number of nitrogens with one attached hydrogen (secondary N) is 2. The predicted molar refractivity (Wildman–Crippen MR) is 88.5 cm³/mol. The molecule has 2 heterocycles. The van der Waals surface area contributed by atoms with Crippen LogP contribution in [-0.2, 0) is 9.53 Å². The van der Waals surface area contributed by atoms with Gasteiger partial charge in [0.2, 0.25) is 0 Å². The molecule has 1 unspecified atom stereocenters. The van der Waals surface area contributed by atoms with Gasteiger partial charge in [0.15, 0.2) is 0 Å². The summed E-state index contributed by atoms with van der Waals surface area (Å²) in [5, 5.41) is 14.7. The topological polar surface area (TPSA) is 104 Å². The van der Waals surface area contributed by atoms with Gasteiger partial charge >= 0.3 is 12.0 Å². The molecule has 0 aromatic carbocycles. The molecule has 1 aliphatic heterocycles. The molecule has 8 nitrogen and oxygen atoms in total. The van der Waals surface area contributed by atoms with Crippen LogP contribution in [0.3, 0.4) is 0 Å². The maximum absolute atomic E-state index is 12.6. The monoisotopic (exact) mass is 349 g/mol. The van der Waals surface area contributed by atoms with Gasteiger partial charge in [0.25, 0.3) is 0 Å². The number of nitrogens with zero attached hydrogens (tertiary/aromatic N) is 1. The Labute approximate surface area is 145 Å². The lowest BCUT2D eigenvalue weighted by Crippen LogP contribution is -2.49. The molecule has 3 N–H and O–H groups in total. The quantitative estimate of drug-likeness (QED) is 0.603. The van der Waals surface area contributed by atoms with E-state index in [-0.39, 0.29) is 13.2 Å². The summed E-state index contributed by atoms with van der Waals surface area (Å²) < 4.78 is 10.6. The van der Waals surface area contributed by atoms with E-state index in [2.05, 4.69) is 15.5 Å².